The summed E-state index contributed by atoms with van der Waals surface area (Å²) in [6.45, 7) is 6.05. The standard InChI is InChI=1S/C21H21N3O3S/c1-4-18-20(26)24(15-8-7-13(2)14(3)10-15)21(28-18)17(11-22)19(25)23-12-16-6-5-9-27-16/h5-10,18H,4,12H2,1-3H3,(H,23,25)/b21-17-. The highest BCUT2D eigenvalue weighted by Gasteiger charge is 2.39. The second-order valence-electron chi connectivity index (χ2n) is 6.51. The number of carbonyl (C=O) groups excluding carboxylic acids is 2. The topological polar surface area (TPSA) is 86.3 Å². The van der Waals surface area contributed by atoms with E-state index in [-0.39, 0.29) is 23.3 Å². The number of nitrogens with zero attached hydrogens (tertiary/aromatic N) is 2. The Hall–Kier alpha value is -2.98. The van der Waals surface area contributed by atoms with Crippen molar-refractivity contribution in [3.63, 3.8) is 0 Å². The molecule has 1 atom stereocenters. The molecule has 7 heteroatoms. The Labute approximate surface area is 168 Å². The van der Waals surface area contributed by atoms with Crippen LogP contribution < -0.4 is 10.2 Å². The van der Waals surface area contributed by atoms with Crippen LogP contribution >= 0.6 is 11.8 Å². The maximum Gasteiger partial charge on any atom is 0.265 e. The Morgan fingerprint density at radius 3 is 2.71 bits per heavy atom. The van der Waals surface area contributed by atoms with Crippen molar-refractivity contribution in [3.8, 4) is 6.07 Å². The van der Waals surface area contributed by atoms with Crippen LogP contribution in [0.1, 0.15) is 30.2 Å². The van der Waals surface area contributed by atoms with Crippen molar-refractivity contribution >= 4 is 29.3 Å². The van der Waals surface area contributed by atoms with Gasteiger partial charge in [-0.05, 0) is 55.7 Å². The molecule has 0 aliphatic carbocycles. The van der Waals surface area contributed by atoms with Gasteiger partial charge in [-0.15, -0.1) is 0 Å². The zero-order chi connectivity index (χ0) is 20.3. The second kappa shape index (κ2) is 8.36. The molecular weight excluding hydrogens is 374 g/mol. The van der Waals surface area contributed by atoms with Crippen LogP contribution in [0, 0.1) is 25.2 Å². The molecule has 0 spiro atoms. The van der Waals surface area contributed by atoms with Gasteiger partial charge in [-0.2, -0.15) is 5.26 Å². The molecule has 144 valence electrons. The molecule has 3 rings (SSSR count). The van der Waals surface area contributed by atoms with Crippen LogP contribution in [0.15, 0.2) is 51.6 Å². The van der Waals surface area contributed by atoms with Crippen LogP contribution in [0.5, 0.6) is 0 Å². The van der Waals surface area contributed by atoms with Crippen molar-refractivity contribution in [2.24, 2.45) is 0 Å². The fourth-order valence-corrected chi connectivity index (χ4v) is 4.08. The molecule has 2 heterocycles. The third kappa shape index (κ3) is 3.82. The van der Waals surface area contributed by atoms with E-state index in [0.717, 1.165) is 11.1 Å². The van der Waals surface area contributed by atoms with Crippen molar-refractivity contribution in [1.82, 2.24) is 5.32 Å². The van der Waals surface area contributed by atoms with Crippen LogP contribution in [-0.2, 0) is 16.1 Å². The molecule has 1 aliphatic heterocycles. The molecule has 0 saturated carbocycles. The van der Waals surface area contributed by atoms with Crippen LogP contribution in [0.4, 0.5) is 5.69 Å². The van der Waals surface area contributed by atoms with Crippen molar-refractivity contribution < 1.29 is 14.0 Å². The largest absolute Gasteiger partial charge is 0.467 e. The minimum Gasteiger partial charge on any atom is -0.467 e. The van der Waals surface area contributed by atoms with E-state index in [1.807, 2.05) is 45.0 Å². The zero-order valence-electron chi connectivity index (χ0n) is 16.0. The van der Waals surface area contributed by atoms with E-state index in [0.29, 0.717) is 22.9 Å². The first-order valence-corrected chi connectivity index (χ1v) is 9.87. The number of hydrogen-bond acceptors (Lipinski definition) is 5. The SMILES string of the molecule is CCC1S/C(=C(/C#N)C(=O)NCc2ccco2)N(c2ccc(C)c(C)c2)C1=O. The van der Waals surface area contributed by atoms with Gasteiger partial charge in [-0.1, -0.05) is 24.8 Å². The second-order valence-corrected chi connectivity index (χ2v) is 7.70. The predicted molar refractivity (Wildman–Crippen MR) is 108 cm³/mol. The molecule has 2 aromatic rings. The van der Waals surface area contributed by atoms with E-state index in [4.69, 9.17) is 4.42 Å². The zero-order valence-corrected chi connectivity index (χ0v) is 16.8. The molecule has 28 heavy (non-hydrogen) atoms. The molecule has 1 unspecified atom stereocenters. The lowest BCUT2D eigenvalue weighted by Gasteiger charge is -2.19. The summed E-state index contributed by atoms with van der Waals surface area (Å²) in [4.78, 5) is 27.1. The van der Waals surface area contributed by atoms with Crippen LogP contribution in [0.2, 0.25) is 0 Å². The molecule has 1 fully saturated rings. The van der Waals surface area contributed by atoms with Crippen molar-refractivity contribution in [2.75, 3.05) is 4.90 Å². The monoisotopic (exact) mass is 395 g/mol. The normalized spacial score (nSPS) is 18.1. The van der Waals surface area contributed by atoms with Crippen molar-refractivity contribution in [1.29, 1.82) is 5.26 Å². The molecule has 1 aromatic heterocycles. The molecule has 0 bridgehead atoms. The number of anilines is 1. The number of benzene rings is 1. The number of furan rings is 1. The fourth-order valence-electron chi connectivity index (χ4n) is 2.88. The summed E-state index contributed by atoms with van der Waals surface area (Å²) in [5.74, 6) is -0.0552. The van der Waals surface area contributed by atoms with Gasteiger partial charge in [0.1, 0.15) is 22.4 Å². The van der Waals surface area contributed by atoms with E-state index in [9.17, 15) is 14.9 Å². The van der Waals surface area contributed by atoms with Crippen molar-refractivity contribution in [3.05, 3.63) is 64.1 Å². The maximum atomic E-state index is 12.9. The lowest BCUT2D eigenvalue weighted by atomic mass is 10.1. The minimum atomic E-state index is -0.528. The van der Waals surface area contributed by atoms with E-state index in [1.165, 1.54) is 22.9 Å². The first-order chi connectivity index (χ1) is 13.5. The Morgan fingerprint density at radius 2 is 2.11 bits per heavy atom. The molecule has 1 aliphatic rings. The number of rotatable bonds is 5. The fraction of sp³-hybridized carbons (Fsp3) is 0.286. The van der Waals surface area contributed by atoms with Gasteiger partial charge in [0.05, 0.1) is 18.1 Å². The lowest BCUT2D eigenvalue weighted by Crippen LogP contribution is -2.31. The average molecular weight is 395 g/mol. The number of nitrogens with one attached hydrogen (secondary N) is 1. The summed E-state index contributed by atoms with van der Waals surface area (Å²) >= 11 is 1.27. The summed E-state index contributed by atoms with van der Waals surface area (Å²) in [7, 11) is 0. The Bertz CT molecular complexity index is 973. The highest BCUT2D eigenvalue weighted by atomic mass is 32.2. The van der Waals surface area contributed by atoms with Crippen molar-refractivity contribution in [2.45, 2.75) is 39.0 Å². The van der Waals surface area contributed by atoms with Crippen LogP contribution in [-0.4, -0.2) is 17.1 Å². The quantitative estimate of drug-likeness (QED) is 0.615. The smallest absolute Gasteiger partial charge is 0.265 e. The summed E-state index contributed by atoms with van der Waals surface area (Å²) in [6, 6.07) is 11.1. The molecular formula is C21H21N3O3S. The number of thioether (sulfide) groups is 1. The predicted octanol–water partition coefficient (Wildman–Crippen LogP) is 3.81. The molecule has 6 nitrogen and oxygen atoms in total. The van der Waals surface area contributed by atoms with E-state index < -0.39 is 5.91 Å². The van der Waals surface area contributed by atoms with Gasteiger partial charge < -0.3 is 9.73 Å². The molecule has 1 aromatic carbocycles. The van der Waals surface area contributed by atoms with Gasteiger partial charge in [0.15, 0.2) is 0 Å². The number of carbonyl (C=O) groups is 2. The number of amides is 2. The Balaban J connectivity index is 1.98. The summed E-state index contributed by atoms with van der Waals surface area (Å²) < 4.78 is 5.21. The maximum absolute atomic E-state index is 12.9. The first-order valence-electron chi connectivity index (χ1n) is 8.99. The van der Waals surface area contributed by atoms with Gasteiger partial charge in [-0.25, -0.2) is 0 Å². The van der Waals surface area contributed by atoms with Crippen LogP contribution in [0.25, 0.3) is 0 Å². The summed E-state index contributed by atoms with van der Waals surface area (Å²) in [5, 5.41) is 12.4. The Morgan fingerprint density at radius 1 is 1.32 bits per heavy atom. The highest BCUT2D eigenvalue weighted by molar-refractivity contribution is 8.05. The highest BCUT2D eigenvalue weighted by Crippen LogP contribution is 2.42. The molecule has 1 saturated heterocycles. The first kappa shape index (κ1) is 19.8. The number of nitriles is 1. The lowest BCUT2D eigenvalue weighted by molar-refractivity contribution is -0.117. The minimum absolute atomic E-state index is 0.0703. The van der Waals surface area contributed by atoms with Gasteiger partial charge in [0.25, 0.3) is 5.91 Å². The van der Waals surface area contributed by atoms with E-state index in [2.05, 4.69) is 5.32 Å². The van der Waals surface area contributed by atoms with Gasteiger partial charge in [-0.3, -0.25) is 14.5 Å². The third-order valence-corrected chi connectivity index (χ3v) is 6.06. The van der Waals surface area contributed by atoms with Gasteiger partial charge in [0.2, 0.25) is 5.91 Å². The third-order valence-electron chi connectivity index (χ3n) is 4.63. The van der Waals surface area contributed by atoms with E-state index >= 15 is 0 Å². The number of aryl methyl sites for hydroxylation is 2. The van der Waals surface area contributed by atoms with E-state index in [1.54, 1.807) is 12.1 Å². The molecule has 1 N–H and O–H groups in total. The van der Waals surface area contributed by atoms with Gasteiger partial charge >= 0.3 is 0 Å². The number of hydrogen-bond donors (Lipinski definition) is 1. The average Bonchev–Trinajstić information content (AvgIpc) is 3.31. The summed E-state index contributed by atoms with van der Waals surface area (Å²) in [6.07, 6.45) is 2.13. The molecule has 2 amide bonds. The summed E-state index contributed by atoms with van der Waals surface area (Å²) in [5.41, 5.74) is 2.74. The molecule has 0 radical (unpaired) electrons. The van der Waals surface area contributed by atoms with Gasteiger partial charge in [0, 0.05) is 5.69 Å². The Kier molecular flexibility index (Phi) is 5.90. The van der Waals surface area contributed by atoms with Crippen LogP contribution in [0.3, 0.4) is 0 Å².